The van der Waals surface area contributed by atoms with Gasteiger partial charge in [0, 0.05) is 19.6 Å². The molecule has 4 nitrogen and oxygen atoms in total. The average Bonchev–Trinajstić information content (AvgIpc) is 2.35. The predicted octanol–water partition coefficient (Wildman–Crippen LogP) is 1.60. The van der Waals surface area contributed by atoms with Crippen LogP contribution in [0.15, 0.2) is 24.3 Å². The number of carbonyl (C=O) groups excluding carboxylic acids is 1. The van der Waals surface area contributed by atoms with Crippen molar-refractivity contribution < 1.29 is 9.53 Å². The number of rotatable bonds is 5. The summed E-state index contributed by atoms with van der Waals surface area (Å²) in [6.45, 7) is 4.41. The van der Waals surface area contributed by atoms with Gasteiger partial charge in [0.25, 0.3) is 5.91 Å². The second-order valence-corrected chi connectivity index (χ2v) is 4.19. The van der Waals surface area contributed by atoms with Gasteiger partial charge in [0.15, 0.2) is 6.61 Å². The maximum absolute atomic E-state index is 11.7. The highest BCUT2D eigenvalue weighted by Crippen LogP contribution is 2.11. The Morgan fingerprint density at radius 1 is 1.39 bits per heavy atom. The number of carbonyl (C=O) groups is 1. The molecule has 0 aliphatic rings. The first-order valence-corrected chi connectivity index (χ1v) is 5.69. The summed E-state index contributed by atoms with van der Waals surface area (Å²) in [4.78, 5) is 13.3. The third-order valence-corrected chi connectivity index (χ3v) is 2.78. The molecule has 1 amide bonds. The van der Waals surface area contributed by atoms with Crippen LogP contribution in [-0.4, -0.2) is 37.0 Å². The molecule has 0 radical (unpaired) electrons. The van der Waals surface area contributed by atoms with Crippen LogP contribution in [0, 0.1) is 6.92 Å². The van der Waals surface area contributed by atoms with E-state index in [1.54, 1.807) is 11.9 Å². The van der Waals surface area contributed by atoms with Crippen LogP contribution in [0.25, 0.3) is 0 Å². The predicted molar refractivity (Wildman–Crippen MR) is 75.2 cm³/mol. The van der Waals surface area contributed by atoms with Crippen molar-refractivity contribution in [3.05, 3.63) is 29.8 Å². The maximum Gasteiger partial charge on any atom is 0.260 e. The normalized spacial score (nSPS) is 11.3. The van der Waals surface area contributed by atoms with E-state index in [2.05, 4.69) is 0 Å². The fraction of sp³-hybridized carbons (Fsp3) is 0.462. The molecule has 0 fully saturated rings. The van der Waals surface area contributed by atoms with Gasteiger partial charge < -0.3 is 15.4 Å². The zero-order valence-electron chi connectivity index (χ0n) is 11.1. The van der Waals surface area contributed by atoms with Crippen LogP contribution in [-0.2, 0) is 4.79 Å². The zero-order chi connectivity index (χ0) is 12.8. The number of nitrogens with zero attached hydrogens (tertiary/aromatic N) is 1. The van der Waals surface area contributed by atoms with E-state index in [4.69, 9.17) is 10.5 Å². The van der Waals surface area contributed by atoms with Crippen LogP contribution in [0.2, 0.25) is 0 Å². The van der Waals surface area contributed by atoms with Gasteiger partial charge in [-0.15, -0.1) is 12.4 Å². The Hall–Kier alpha value is -1.26. The van der Waals surface area contributed by atoms with Gasteiger partial charge >= 0.3 is 0 Å². The number of benzene rings is 1. The van der Waals surface area contributed by atoms with Gasteiger partial charge in [-0.25, -0.2) is 0 Å². The maximum atomic E-state index is 11.7. The highest BCUT2D eigenvalue weighted by Gasteiger charge is 2.14. The number of hydrogen-bond acceptors (Lipinski definition) is 3. The first-order valence-electron chi connectivity index (χ1n) is 5.69. The second kappa shape index (κ2) is 7.95. The SMILES string of the molecule is Cc1ccc(OCC(=O)N(C)C(C)CN)cc1.Cl. The number of aryl methyl sites for hydroxylation is 1. The molecule has 0 aliphatic carbocycles. The van der Waals surface area contributed by atoms with Crippen LogP contribution in [0.3, 0.4) is 0 Å². The minimum atomic E-state index is -0.0662. The lowest BCUT2D eigenvalue weighted by atomic mass is 10.2. The summed E-state index contributed by atoms with van der Waals surface area (Å²) in [6.07, 6.45) is 0. The molecule has 1 atom stereocenters. The Morgan fingerprint density at radius 3 is 2.44 bits per heavy atom. The summed E-state index contributed by atoms with van der Waals surface area (Å²) in [5.41, 5.74) is 6.66. The van der Waals surface area contributed by atoms with Gasteiger partial charge in [-0.2, -0.15) is 0 Å². The molecular formula is C13H21ClN2O2. The molecule has 1 unspecified atom stereocenters. The van der Waals surface area contributed by atoms with E-state index in [0.29, 0.717) is 12.3 Å². The van der Waals surface area contributed by atoms with E-state index < -0.39 is 0 Å². The lowest BCUT2D eigenvalue weighted by molar-refractivity contribution is -0.133. The molecule has 0 spiro atoms. The molecule has 0 heterocycles. The topological polar surface area (TPSA) is 55.6 Å². The lowest BCUT2D eigenvalue weighted by Crippen LogP contribution is -2.42. The number of likely N-dealkylation sites (N-methyl/N-ethyl adjacent to an activating group) is 1. The van der Waals surface area contributed by atoms with Crippen LogP contribution in [0.1, 0.15) is 12.5 Å². The highest BCUT2D eigenvalue weighted by atomic mass is 35.5. The summed E-state index contributed by atoms with van der Waals surface area (Å²) in [6, 6.07) is 7.64. The monoisotopic (exact) mass is 272 g/mol. The summed E-state index contributed by atoms with van der Waals surface area (Å²) < 4.78 is 5.41. The van der Waals surface area contributed by atoms with Crippen molar-refractivity contribution >= 4 is 18.3 Å². The van der Waals surface area contributed by atoms with Crippen molar-refractivity contribution in [3.63, 3.8) is 0 Å². The average molecular weight is 273 g/mol. The highest BCUT2D eigenvalue weighted by molar-refractivity contribution is 5.85. The van der Waals surface area contributed by atoms with Gasteiger partial charge in [0.05, 0.1) is 0 Å². The molecule has 102 valence electrons. The van der Waals surface area contributed by atoms with Crippen molar-refractivity contribution in [2.75, 3.05) is 20.2 Å². The van der Waals surface area contributed by atoms with E-state index in [1.165, 1.54) is 0 Å². The van der Waals surface area contributed by atoms with Crippen molar-refractivity contribution in [2.45, 2.75) is 19.9 Å². The lowest BCUT2D eigenvalue weighted by Gasteiger charge is -2.23. The Labute approximate surface area is 115 Å². The molecule has 1 rings (SSSR count). The number of ether oxygens (including phenoxy) is 1. The molecule has 5 heteroatoms. The number of halogens is 1. The number of hydrogen-bond donors (Lipinski definition) is 1. The molecule has 2 N–H and O–H groups in total. The van der Waals surface area contributed by atoms with E-state index in [0.717, 1.165) is 5.56 Å². The van der Waals surface area contributed by atoms with Crippen molar-refractivity contribution in [2.24, 2.45) is 5.73 Å². The zero-order valence-corrected chi connectivity index (χ0v) is 11.9. The smallest absolute Gasteiger partial charge is 0.260 e. The van der Waals surface area contributed by atoms with Crippen LogP contribution in [0.5, 0.6) is 5.75 Å². The number of nitrogens with two attached hydrogens (primary N) is 1. The van der Waals surface area contributed by atoms with Crippen molar-refractivity contribution in [1.29, 1.82) is 0 Å². The third-order valence-electron chi connectivity index (χ3n) is 2.78. The van der Waals surface area contributed by atoms with Gasteiger partial charge in [-0.1, -0.05) is 17.7 Å². The molecule has 0 saturated heterocycles. The standard InChI is InChI=1S/C13H20N2O2.ClH/c1-10-4-6-12(7-5-10)17-9-13(16)15(3)11(2)8-14;/h4-7,11H,8-9,14H2,1-3H3;1H. The van der Waals surface area contributed by atoms with Crippen LogP contribution >= 0.6 is 12.4 Å². The molecule has 18 heavy (non-hydrogen) atoms. The van der Waals surface area contributed by atoms with Gasteiger partial charge in [-0.3, -0.25) is 4.79 Å². The summed E-state index contributed by atoms with van der Waals surface area (Å²) >= 11 is 0. The van der Waals surface area contributed by atoms with Crippen LogP contribution in [0.4, 0.5) is 0 Å². The molecule has 1 aromatic rings. The van der Waals surface area contributed by atoms with E-state index in [9.17, 15) is 4.79 Å². The Kier molecular flexibility index (Phi) is 7.39. The van der Waals surface area contributed by atoms with E-state index >= 15 is 0 Å². The molecule has 0 saturated carbocycles. The quantitative estimate of drug-likeness (QED) is 0.886. The summed E-state index contributed by atoms with van der Waals surface area (Å²) in [5, 5.41) is 0. The van der Waals surface area contributed by atoms with Crippen molar-refractivity contribution in [1.82, 2.24) is 4.90 Å². The molecule has 0 aromatic heterocycles. The minimum absolute atomic E-state index is 0. The molecule has 0 bridgehead atoms. The Balaban J connectivity index is 0.00000289. The largest absolute Gasteiger partial charge is 0.484 e. The summed E-state index contributed by atoms with van der Waals surface area (Å²) in [7, 11) is 1.73. The van der Waals surface area contributed by atoms with Gasteiger partial charge in [0.1, 0.15) is 5.75 Å². The first-order chi connectivity index (χ1) is 8.04. The fourth-order valence-corrected chi connectivity index (χ4v) is 1.29. The van der Waals surface area contributed by atoms with Gasteiger partial charge in [-0.05, 0) is 26.0 Å². The Bertz CT molecular complexity index is 368. The van der Waals surface area contributed by atoms with Crippen molar-refractivity contribution in [3.8, 4) is 5.75 Å². The fourth-order valence-electron chi connectivity index (χ4n) is 1.29. The number of amides is 1. The Morgan fingerprint density at radius 2 is 1.94 bits per heavy atom. The van der Waals surface area contributed by atoms with E-state index in [1.807, 2.05) is 38.1 Å². The molecule has 1 aromatic carbocycles. The molecular weight excluding hydrogens is 252 g/mol. The summed E-state index contributed by atoms with van der Waals surface area (Å²) in [5.74, 6) is 0.640. The third kappa shape index (κ3) is 4.94. The minimum Gasteiger partial charge on any atom is -0.484 e. The first kappa shape index (κ1) is 16.7. The second-order valence-electron chi connectivity index (χ2n) is 4.19. The van der Waals surface area contributed by atoms with E-state index in [-0.39, 0.29) is 31.0 Å². The molecule has 0 aliphatic heterocycles. The van der Waals surface area contributed by atoms with Crippen LogP contribution < -0.4 is 10.5 Å². The van der Waals surface area contributed by atoms with Gasteiger partial charge in [0.2, 0.25) is 0 Å².